The van der Waals surface area contributed by atoms with Gasteiger partial charge in [0.1, 0.15) is 0 Å². The van der Waals surface area contributed by atoms with Crippen LogP contribution in [0, 0.1) is 5.92 Å². The molecule has 0 saturated carbocycles. The zero-order chi connectivity index (χ0) is 27.6. The second kappa shape index (κ2) is 14.6. The normalized spacial score (nSPS) is 24.5. The molecule has 0 aromatic heterocycles. The summed E-state index contributed by atoms with van der Waals surface area (Å²) in [6.45, 7) is 5.24. The van der Waals surface area contributed by atoms with E-state index >= 15 is 0 Å². The van der Waals surface area contributed by atoms with Crippen LogP contribution in [0.5, 0.6) is 0 Å². The minimum atomic E-state index is -0.902. The van der Waals surface area contributed by atoms with Crippen molar-refractivity contribution in [1.29, 1.82) is 0 Å². The zero-order valence-corrected chi connectivity index (χ0v) is 22.9. The Kier molecular flexibility index (Phi) is 10.9. The first-order valence-electron chi connectivity index (χ1n) is 14.3. The molecule has 8 heteroatoms. The molecule has 2 aliphatic rings. The molecule has 4 rings (SSSR count). The molecule has 2 aromatic rings. The second-order valence-corrected chi connectivity index (χ2v) is 10.8. The Bertz CT molecular complexity index is 1050. The van der Waals surface area contributed by atoms with Crippen molar-refractivity contribution in [2.24, 2.45) is 5.92 Å². The lowest BCUT2D eigenvalue weighted by Crippen LogP contribution is -2.45. The molecule has 39 heavy (non-hydrogen) atoms. The Hall–Kier alpha value is -2.78. The maximum absolute atomic E-state index is 12.2. The number of anilines is 1. The summed E-state index contributed by atoms with van der Waals surface area (Å²) < 4.78 is 13.2. The number of rotatable bonds is 10. The van der Waals surface area contributed by atoms with Crippen LogP contribution in [-0.4, -0.2) is 52.7 Å². The van der Waals surface area contributed by atoms with Crippen molar-refractivity contribution in [3.05, 3.63) is 65.2 Å². The summed E-state index contributed by atoms with van der Waals surface area (Å²) >= 11 is 0. The molecule has 4 unspecified atom stereocenters. The molecule has 8 nitrogen and oxygen atoms in total. The van der Waals surface area contributed by atoms with Crippen LogP contribution in [0.4, 0.5) is 5.69 Å². The number of ether oxygens (including phenoxy) is 2. The summed E-state index contributed by atoms with van der Waals surface area (Å²) in [7, 11) is 0. The second-order valence-electron chi connectivity index (χ2n) is 10.8. The van der Waals surface area contributed by atoms with E-state index < -0.39 is 12.3 Å². The number of likely N-dealkylation sites (tertiary alicyclic amines) is 1. The Morgan fingerprint density at radius 1 is 0.897 bits per heavy atom. The van der Waals surface area contributed by atoms with E-state index in [0.29, 0.717) is 12.1 Å². The molecule has 2 aromatic carbocycles. The number of carboxylic acid groups (broad SMARTS) is 1. The maximum Gasteiger partial charge on any atom is 0.303 e. The van der Waals surface area contributed by atoms with E-state index in [9.17, 15) is 14.7 Å². The molecule has 2 saturated heterocycles. The number of hydrogen-bond donors (Lipinski definition) is 3. The highest BCUT2D eigenvalue weighted by molar-refractivity contribution is 5.90. The number of aliphatic hydroxyl groups is 1. The standard InChI is InChI=1S/C31H42N2O6/c1-22-27(20-33-18-5-3-2-4-6-19-33)38-31(39-30(22)24-12-10-23(21-34)11-13-24)25-14-16-26(17-15-25)32-28(35)8-7-9-29(36)37/h10-17,22,27,30-31,34H,2-9,18-21H2,1H3,(H,32,35)(H,36,37). The van der Waals surface area contributed by atoms with Gasteiger partial charge in [-0.2, -0.15) is 0 Å². The van der Waals surface area contributed by atoms with Gasteiger partial charge in [0, 0.05) is 36.6 Å². The van der Waals surface area contributed by atoms with E-state index in [1.54, 1.807) is 0 Å². The van der Waals surface area contributed by atoms with Crippen molar-refractivity contribution in [3.63, 3.8) is 0 Å². The third-order valence-electron chi connectivity index (χ3n) is 7.77. The monoisotopic (exact) mass is 538 g/mol. The molecule has 212 valence electrons. The number of carboxylic acids is 1. The van der Waals surface area contributed by atoms with E-state index in [-0.39, 0.29) is 43.5 Å². The highest BCUT2D eigenvalue weighted by Crippen LogP contribution is 2.42. The van der Waals surface area contributed by atoms with Crippen molar-refractivity contribution < 1.29 is 29.3 Å². The lowest BCUT2D eigenvalue weighted by atomic mass is 9.89. The Morgan fingerprint density at radius 2 is 1.54 bits per heavy atom. The third-order valence-corrected chi connectivity index (χ3v) is 7.77. The average Bonchev–Trinajstić information content (AvgIpc) is 2.91. The highest BCUT2D eigenvalue weighted by atomic mass is 16.7. The van der Waals surface area contributed by atoms with Crippen molar-refractivity contribution in [3.8, 4) is 0 Å². The van der Waals surface area contributed by atoms with Crippen molar-refractivity contribution >= 4 is 17.6 Å². The lowest BCUT2D eigenvalue weighted by molar-refractivity contribution is -0.276. The number of nitrogens with one attached hydrogen (secondary N) is 1. The third kappa shape index (κ3) is 8.60. The van der Waals surface area contributed by atoms with Gasteiger partial charge < -0.3 is 29.9 Å². The van der Waals surface area contributed by atoms with Gasteiger partial charge in [-0.15, -0.1) is 0 Å². The fraction of sp³-hybridized carbons (Fsp3) is 0.548. The number of aliphatic carboxylic acids is 1. The Labute approximate surface area is 231 Å². The van der Waals surface area contributed by atoms with Gasteiger partial charge in [0.05, 0.1) is 18.8 Å². The molecule has 4 atom stereocenters. The van der Waals surface area contributed by atoms with E-state index in [1.165, 1.54) is 32.1 Å². The SMILES string of the molecule is CC1C(CN2CCCCCCC2)OC(c2ccc(NC(=O)CCCC(=O)O)cc2)OC1c1ccc(CO)cc1. The lowest BCUT2D eigenvalue weighted by Gasteiger charge is -2.43. The first-order valence-corrected chi connectivity index (χ1v) is 14.3. The Morgan fingerprint density at radius 3 is 2.18 bits per heavy atom. The summed E-state index contributed by atoms with van der Waals surface area (Å²) in [5.41, 5.74) is 3.46. The van der Waals surface area contributed by atoms with E-state index in [2.05, 4.69) is 17.1 Å². The van der Waals surface area contributed by atoms with Crippen LogP contribution in [0.2, 0.25) is 0 Å². The van der Waals surface area contributed by atoms with Gasteiger partial charge in [0.2, 0.25) is 5.91 Å². The van der Waals surface area contributed by atoms with Crippen molar-refractivity contribution in [2.45, 2.75) is 83.4 Å². The van der Waals surface area contributed by atoms with Crippen molar-refractivity contribution in [2.75, 3.05) is 25.0 Å². The summed E-state index contributed by atoms with van der Waals surface area (Å²) in [6.07, 6.45) is 6.04. The van der Waals surface area contributed by atoms with Crippen LogP contribution in [-0.2, 0) is 25.7 Å². The number of benzene rings is 2. The molecule has 2 heterocycles. The van der Waals surface area contributed by atoms with Gasteiger partial charge in [-0.1, -0.05) is 62.6 Å². The number of carbonyl (C=O) groups excluding carboxylic acids is 1. The summed E-state index contributed by atoms with van der Waals surface area (Å²) in [5, 5.41) is 21.1. The van der Waals surface area contributed by atoms with Crippen LogP contribution in [0.1, 0.15) is 87.4 Å². The molecular formula is C31H42N2O6. The zero-order valence-electron chi connectivity index (χ0n) is 22.9. The van der Waals surface area contributed by atoms with E-state index in [0.717, 1.165) is 36.3 Å². The first kappa shape index (κ1) is 29.2. The van der Waals surface area contributed by atoms with Crippen LogP contribution < -0.4 is 5.32 Å². The van der Waals surface area contributed by atoms with E-state index in [4.69, 9.17) is 14.6 Å². The average molecular weight is 539 g/mol. The molecule has 0 aliphatic carbocycles. The number of aliphatic hydroxyl groups excluding tert-OH is 1. The van der Waals surface area contributed by atoms with Crippen molar-refractivity contribution in [1.82, 2.24) is 4.90 Å². The highest BCUT2D eigenvalue weighted by Gasteiger charge is 2.39. The van der Waals surface area contributed by atoms with E-state index in [1.807, 2.05) is 48.5 Å². The Balaban J connectivity index is 1.48. The fourth-order valence-electron chi connectivity index (χ4n) is 5.43. The van der Waals surface area contributed by atoms with Crippen LogP contribution in [0.15, 0.2) is 48.5 Å². The minimum absolute atomic E-state index is 0.00707. The van der Waals surface area contributed by atoms with Gasteiger partial charge >= 0.3 is 5.97 Å². The molecule has 0 bridgehead atoms. The summed E-state index contributed by atoms with van der Waals surface area (Å²) in [6, 6.07) is 15.4. The number of amides is 1. The fourth-order valence-corrected chi connectivity index (χ4v) is 5.43. The molecule has 0 radical (unpaired) electrons. The van der Waals surface area contributed by atoms with Gasteiger partial charge in [-0.25, -0.2) is 0 Å². The predicted octanol–water partition coefficient (Wildman–Crippen LogP) is 5.43. The first-order chi connectivity index (χ1) is 18.9. The quantitative estimate of drug-likeness (QED) is 0.370. The smallest absolute Gasteiger partial charge is 0.303 e. The topological polar surface area (TPSA) is 108 Å². The minimum Gasteiger partial charge on any atom is -0.481 e. The number of nitrogens with zero attached hydrogens (tertiary/aromatic N) is 1. The largest absolute Gasteiger partial charge is 0.481 e. The molecule has 3 N–H and O–H groups in total. The molecule has 2 fully saturated rings. The van der Waals surface area contributed by atoms with Crippen LogP contribution >= 0.6 is 0 Å². The summed E-state index contributed by atoms with van der Waals surface area (Å²) in [4.78, 5) is 25.4. The van der Waals surface area contributed by atoms with Gasteiger partial charge in [-0.05, 0) is 55.6 Å². The molecule has 1 amide bonds. The number of carbonyl (C=O) groups is 2. The molecule has 2 aliphatic heterocycles. The van der Waals surface area contributed by atoms with Gasteiger partial charge in [0.25, 0.3) is 0 Å². The van der Waals surface area contributed by atoms with Gasteiger partial charge in [0.15, 0.2) is 6.29 Å². The predicted molar refractivity (Wildman–Crippen MR) is 149 cm³/mol. The maximum atomic E-state index is 12.2. The van der Waals surface area contributed by atoms with Crippen LogP contribution in [0.25, 0.3) is 0 Å². The molecule has 0 spiro atoms. The summed E-state index contributed by atoms with van der Waals surface area (Å²) in [5.74, 6) is -0.972. The van der Waals surface area contributed by atoms with Gasteiger partial charge in [-0.3, -0.25) is 9.59 Å². The van der Waals surface area contributed by atoms with Crippen LogP contribution in [0.3, 0.4) is 0 Å². The molecular weight excluding hydrogens is 496 g/mol. The number of hydrogen-bond acceptors (Lipinski definition) is 6.